The Kier molecular flexibility index (Phi) is 7.64. The van der Waals surface area contributed by atoms with Crippen molar-refractivity contribution in [2.45, 2.75) is 11.4 Å². The lowest BCUT2D eigenvalue weighted by atomic mass is 9.99. The van der Waals surface area contributed by atoms with Crippen molar-refractivity contribution in [3.63, 3.8) is 0 Å². The van der Waals surface area contributed by atoms with Crippen LogP contribution in [0.1, 0.15) is 15.9 Å². The lowest BCUT2D eigenvalue weighted by molar-refractivity contribution is -0.139. The van der Waals surface area contributed by atoms with Gasteiger partial charge in [0.15, 0.2) is 6.61 Å². The molecule has 2 N–H and O–H groups in total. The molecule has 0 saturated carbocycles. The minimum absolute atomic E-state index is 0.0128. The first-order valence-corrected chi connectivity index (χ1v) is 11.6. The van der Waals surface area contributed by atoms with Gasteiger partial charge < -0.3 is 15.2 Å². The van der Waals surface area contributed by atoms with Gasteiger partial charge in [-0.2, -0.15) is 4.31 Å². The van der Waals surface area contributed by atoms with Gasteiger partial charge in [0, 0.05) is 31.8 Å². The van der Waals surface area contributed by atoms with E-state index in [2.05, 4.69) is 5.32 Å². The zero-order chi connectivity index (χ0) is 24.9. The Morgan fingerprint density at radius 2 is 1.76 bits per heavy atom. The number of benzene rings is 3. The zero-order valence-corrected chi connectivity index (χ0v) is 19.3. The van der Waals surface area contributed by atoms with Crippen LogP contribution in [0.4, 0.5) is 4.39 Å². The number of carboxylic acid groups (broad SMARTS) is 1. The normalized spacial score (nSPS) is 11.3. The standard InChI is InChI=1S/C24H23FN2O6S/c1-26-24(30)18-5-3-4-17(13-18)21-12-16(6-11-22(21)33-15-23(28)29)14-27(2)34(31,32)20-9-7-19(25)8-10-20/h3-13H,14-15H2,1-2H3,(H,26,30)(H,28,29). The lowest BCUT2D eigenvalue weighted by Gasteiger charge is -2.19. The topological polar surface area (TPSA) is 113 Å². The largest absolute Gasteiger partial charge is 0.481 e. The first-order chi connectivity index (χ1) is 16.1. The summed E-state index contributed by atoms with van der Waals surface area (Å²) in [5, 5.41) is 11.5. The van der Waals surface area contributed by atoms with E-state index in [4.69, 9.17) is 9.84 Å². The third-order valence-electron chi connectivity index (χ3n) is 4.99. The molecule has 0 atom stereocenters. The molecule has 3 rings (SSSR count). The van der Waals surface area contributed by atoms with E-state index in [1.165, 1.54) is 26.2 Å². The number of carboxylic acids is 1. The van der Waals surface area contributed by atoms with Crippen LogP contribution in [0, 0.1) is 5.82 Å². The second-order valence-electron chi connectivity index (χ2n) is 7.39. The number of nitrogens with zero attached hydrogens (tertiary/aromatic N) is 1. The molecule has 0 saturated heterocycles. The maximum atomic E-state index is 13.2. The third-order valence-corrected chi connectivity index (χ3v) is 6.80. The van der Waals surface area contributed by atoms with Crippen LogP contribution >= 0.6 is 0 Å². The monoisotopic (exact) mass is 486 g/mol. The number of ether oxygens (including phenoxy) is 1. The summed E-state index contributed by atoms with van der Waals surface area (Å²) < 4.78 is 45.5. The summed E-state index contributed by atoms with van der Waals surface area (Å²) >= 11 is 0. The molecule has 0 aliphatic carbocycles. The molecule has 3 aromatic rings. The van der Waals surface area contributed by atoms with Crippen LogP contribution in [0.3, 0.4) is 0 Å². The molecule has 10 heteroatoms. The molecule has 0 aromatic heterocycles. The van der Waals surface area contributed by atoms with Gasteiger partial charge in [-0.3, -0.25) is 4.79 Å². The molecule has 0 bridgehead atoms. The number of nitrogens with one attached hydrogen (secondary N) is 1. The molecule has 0 fully saturated rings. The maximum Gasteiger partial charge on any atom is 0.341 e. The van der Waals surface area contributed by atoms with E-state index < -0.39 is 28.4 Å². The second kappa shape index (κ2) is 10.4. The van der Waals surface area contributed by atoms with Gasteiger partial charge in [0.25, 0.3) is 5.91 Å². The Hall–Kier alpha value is -3.76. The average Bonchev–Trinajstić information content (AvgIpc) is 2.82. The molecule has 0 heterocycles. The number of sulfonamides is 1. The Labute approximate surface area is 196 Å². The highest BCUT2D eigenvalue weighted by Gasteiger charge is 2.22. The summed E-state index contributed by atoms with van der Waals surface area (Å²) in [5.41, 5.74) is 2.08. The van der Waals surface area contributed by atoms with E-state index in [0.717, 1.165) is 16.4 Å². The Morgan fingerprint density at radius 3 is 2.41 bits per heavy atom. The van der Waals surface area contributed by atoms with Crippen LogP contribution in [-0.4, -0.2) is 50.4 Å². The van der Waals surface area contributed by atoms with Crippen LogP contribution in [0.15, 0.2) is 71.6 Å². The van der Waals surface area contributed by atoms with Gasteiger partial charge in [-0.05, 0) is 59.7 Å². The second-order valence-corrected chi connectivity index (χ2v) is 9.43. The van der Waals surface area contributed by atoms with Gasteiger partial charge in [-0.1, -0.05) is 18.2 Å². The summed E-state index contributed by atoms with van der Waals surface area (Å²) in [6, 6.07) is 16.1. The zero-order valence-electron chi connectivity index (χ0n) is 18.5. The molecule has 3 aromatic carbocycles. The van der Waals surface area contributed by atoms with Crippen molar-refractivity contribution in [1.29, 1.82) is 0 Å². The summed E-state index contributed by atoms with van der Waals surface area (Å²) in [5.74, 6) is -1.72. The third kappa shape index (κ3) is 5.77. The number of hydrogen-bond donors (Lipinski definition) is 2. The highest BCUT2D eigenvalue weighted by atomic mass is 32.2. The fraction of sp³-hybridized carbons (Fsp3) is 0.167. The SMILES string of the molecule is CNC(=O)c1cccc(-c2cc(CN(C)S(=O)(=O)c3ccc(F)cc3)ccc2OCC(=O)O)c1. The molecular weight excluding hydrogens is 463 g/mol. The van der Waals surface area contributed by atoms with Crippen molar-refractivity contribution in [2.75, 3.05) is 20.7 Å². The van der Waals surface area contributed by atoms with Gasteiger partial charge in [-0.25, -0.2) is 17.6 Å². The molecule has 0 spiro atoms. The average molecular weight is 487 g/mol. The van der Waals surface area contributed by atoms with Crippen molar-refractivity contribution in [2.24, 2.45) is 0 Å². The summed E-state index contributed by atoms with van der Waals surface area (Å²) in [7, 11) is -0.969. The van der Waals surface area contributed by atoms with E-state index in [9.17, 15) is 22.4 Å². The first-order valence-electron chi connectivity index (χ1n) is 10.1. The highest BCUT2D eigenvalue weighted by molar-refractivity contribution is 7.89. The number of amides is 1. The summed E-state index contributed by atoms with van der Waals surface area (Å²) in [4.78, 5) is 23.0. The number of halogens is 1. The van der Waals surface area contributed by atoms with Crippen molar-refractivity contribution in [3.05, 3.63) is 83.7 Å². The first kappa shape index (κ1) is 24.9. The van der Waals surface area contributed by atoms with Crippen LogP contribution in [0.5, 0.6) is 5.75 Å². The number of aliphatic carboxylic acids is 1. The van der Waals surface area contributed by atoms with Gasteiger partial charge in [0.1, 0.15) is 11.6 Å². The number of hydrogen-bond acceptors (Lipinski definition) is 5. The van der Waals surface area contributed by atoms with E-state index in [-0.39, 0.29) is 23.1 Å². The number of rotatable bonds is 9. The number of carbonyl (C=O) groups excluding carboxylic acids is 1. The molecule has 1 amide bonds. The van der Waals surface area contributed by atoms with Crippen LogP contribution in [0.25, 0.3) is 11.1 Å². The molecule has 34 heavy (non-hydrogen) atoms. The van der Waals surface area contributed by atoms with E-state index in [1.54, 1.807) is 42.5 Å². The van der Waals surface area contributed by atoms with Crippen LogP contribution < -0.4 is 10.1 Å². The van der Waals surface area contributed by atoms with Crippen molar-refractivity contribution in [1.82, 2.24) is 9.62 Å². The van der Waals surface area contributed by atoms with Gasteiger partial charge >= 0.3 is 5.97 Å². The summed E-state index contributed by atoms with van der Waals surface area (Å²) in [6.45, 7) is -0.582. The smallest absolute Gasteiger partial charge is 0.341 e. The van der Waals surface area contributed by atoms with Crippen LogP contribution in [0.2, 0.25) is 0 Å². The minimum atomic E-state index is -3.88. The highest BCUT2D eigenvalue weighted by Crippen LogP contribution is 2.32. The predicted octanol–water partition coefficient (Wildman–Crippen LogP) is 3.14. The lowest BCUT2D eigenvalue weighted by Crippen LogP contribution is -2.26. The van der Waals surface area contributed by atoms with Crippen molar-refractivity contribution in [3.8, 4) is 16.9 Å². The molecule has 0 unspecified atom stereocenters. The minimum Gasteiger partial charge on any atom is -0.481 e. The molecule has 178 valence electrons. The van der Waals surface area contributed by atoms with E-state index >= 15 is 0 Å². The van der Waals surface area contributed by atoms with Gasteiger partial charge in [-0.15, -0.1) is 0 Å². The van der Waals surface area contributed by atoms with Crippen molar-refractivity contribution >= 4 is 21.9 Å². The molecule has 0 aliphatic rings. The Balaban J connectivity index is 1.97. The van der Waals surface area contributed by atoms with E-state index in [0.29, 0.717) is 22.3 Å². The molecule has 0 radical (unpaired) electrons. The Morgan fingerprint density at radius 1 is 1.06 bits per heavy atom. The number of carbonyl (C=O) groups is 2. The van der Waals surface area contributed by atoms with Gasteiger partial charge in [0.05, 0.1) is 4.90 Å². The summed E-state index contributed by atoms with van der Waals surface area (Å²) in [6.07, 6.45) is 0. The van der Waals surface area contributed by atoms with Gasteiger partial charge in [0.2, 0.25) is 10.0 Å². The fourth-order valence-corrected chi connectivity index (χ4v) is 4.43. The van der Waals surface area contributed by atoms with E-state index in [1.807, 2.05) is 0 Å². The Bertz CT molecular complexity index is 1310. The molecule has 8 nitrogen and oxygen atoms in total. The maximum absolute atomic E-state index is 13.2. The quantitative estimate of drug-likeness (QED) is 0.481. The van der Waals surface area contributed by atoms with Crippen molar-refractivity contribution < 1.29 is 32.2 Å². The fourth-order valence-electron chi connectivity index (χ4n) is 3.27. The molecule has 0 aliphatic heterocycles. The van der Waals surface area contributed by atoms with Crippen LogP contribution in [-0.2, 0) is 21.4 Å². The molecular formula is C24H23FN2O6S. The predicted molar refractivity (Wildman–Crippen MR) is 123 cm³/mol.